The molecule has 6 aromatic rings. The molecule has 226 valence electrons. The predicted octanol–water partition coefficient (Wildman–Crippen LogP) is 7.30. The maximum atomic E-state index is 12.5. The Bertz CT molecular complexity index is 1990. The Hall–Kier alpha value is -5.21. The van der Waals surface area contributed by atoms with E-state index in [1.54, 1.807) is 0 Å². The number of ether oxygens (including phenoxy) is 2. The zero-order chi connectivity index (χ0) is 30.8. The van der Waals surface area contributed by atoms with Crippen molar-refractivity contribution in [3.8, 4) is 28.1 Å². The summed E-state index contributed by atoms with van der Waals surface area (Å²) in [6, 6.07) is 26.3. The molecule has 1 aliphatic heterocycles. The van der Waals surface area contributed by atoms with Crippen molar-refractivity contribution in [3.05, 3.63) is 108 Å². The molecule has 0 aliphatic carbocycles. The molecule has 8 heteroatoms. The number of aryl methyl sites for hydroxylation is 2. The molecule has 0 radical (unpaired) electrons. The van der Waals surface area contributed by atoms with Gasteiger partial charge in [-0.2, -0.15) is 0 Å². The summed E-state index contributed by atoms with van der Waals surface area (Å²) in [7, 11) is 0. The Labute approximate surface area is 261 Å². The first-order valence-corrected chi connectivity index (χ1v) is 15.3. The van der Waals surface area contributed by atoms with Gasteiger partial charge in [0.25, 0.3) is 0 Å². The highest BCUT2D eigenvalue weighted by atomic mass is 16.5. The van der Waals surface area contributed by atoms with E-state index in [1.807, 2.05) is 67.0 Å². The number of anilines is 1. The van der Waals surface area contributed by atoms with Gasteiger partial charge < -0.3 is 24.5 Å². The van der Waals surface area contributed by atoms with Gasteiger partial charge in [-0.15, -0.1) is 0 Å². The second-order valence-corrected chi connectivity index (χ2v) is 11.3. The minimum absolute atomic E-state index is 0.210. The standard InChI is InChI=1S/C37H34N4O4/c1-24-16-17-38-34(26-14-15-32(39-23-26)41-18-21-44-22-19-41)33(24)30-11-5-10-28-29(36(37(42)43)40-35(28)30)12-6-20-45-31-13-4-8-25-7-2-3-9-27(25)31/h2-5,7-11,13-17,23,40H,6,12,18-22H2,1H3,(H,42,43). The van der Waals surface area contributed by atoms with Crippen LogP contribution in [0.15, 0.2) is 91.3 Å². The Balaban J connectivity index is 1.20. The topological polar surface area (TPSA) is 101 Å². The zero-order valence-corrected chi connectivity index (χ0v) is 25.1. The normalized spacial score (nSPS) is 13.4. The highest BCUT2D eigenvalue weighted by molar-refractivity contribution is 6.05. The number of carboxylic acids is 1. The van der Waals surface area contributed by atoms with Gasteiger partial charge in [-0.05, 0) is 60.5 Å². The molecule has 0 unspecified atom stereocenters. The fourth-order valence-corrected chi connectivity index (χ4v) is 6.30. The molecular weight excluding hydrogens is 564 g/mol. The van der Waals surface area contributed by atoms with Crippen molar-refractivity contribution in [3.63, 3.8) is 0 Å². The molecule has 45 heavy (non-hydrogen) atoms. The molecular formula is C37H34N4O4. The van der Waals surface area contributed by atoms with Gasteiger partial charge in [0, 0.05) is 52.9 Å². The molecule has 0 amide bonds. The number of fused-ring (bicyclic) bond motifs is 2. The number of pyridine rings is 2. The van der Waals surface area contributed by atoms with E-state index < -0.39 is 5.97 Å². The van der Waals surface area contributed by atoms with Crippen LogP contribution in [0.3, 0.4) is 0 Å². The number of benzene rings is 3. The molecule has 0 atom stereocenters. The zero-order valence-electron chi connectivity index (χ0n) is 25.1. The van der Waals surface area contributed by atoms with Gasteiger partial charge in [0.1, 0.15) is 17.3 Å². The quantitative estimate of drug-likeness (QED) is 0.168. The van der Waals surface area contributed by atoms with Gasteiger partial charge in [-0.1, -0.05) is 54.6 Å². The minimum atomic E-state index is -0.979. The highest BCUT2D eigenvalue weighted by Crippen LogP contribution is 2.39. The van der Waals surface area contributed by atoms with Gasteiger partial charge in [-0.3, -0.25) is 4.98 Å². The van der Waals surface area contributed by atoms with Crippen molar-refractivity contribution < 1.29 is 19.4 Å². The molecule has 8 nitrogen and oxygen atoms in total. The number of carbonyl (C=O) groups is 1. The molecule has 0 saturated carbocycles. The summed E-state index contributed by atoms with van der Waals surface area (Å²) in [6.45, 7) is 5.56. The lowest BCUT2D eigenvalue weighted by Gasteiger charge is -2.27. The maximum Gasteiger partial charge on any atom is 0.352 e. The van der Waals surface area contributed by atoms with E-state index in [-0.39, 0.29) is 5.69 Å². The highest BCUT2D eigenvalue weighted by Gasteiger charge is 2.22. The van der Waals surface area contributed by atoms with Gasteiger partial charge >= 0.3 is 5.97 Å². The number of morpholine rings is 1. The van der Waals surface area contributed by atoms with E-state index in [0.717, 1.165) is 79.8 Å². The molecule has 2 N–H and O–H groups in total. The molecule has 3 aromatic heterocycles. The third kappa shape index (κ3) is 5.60. The fourth-order valence-electron chi connectivity index (χ4n) is 6.30. The van der Waals surface area contributed by atoms with E-state index in [9.17, 15) is 9.90 Å². The van der Waals surface area contributed by atoms with Crippen molar-refractivity contribution in [2.75, 3.05) is 37.8 Å². The van der Waals surface area contributed by atoms with E-state index >= 15 is 0 Å². The van der Waals surface area contributed by atoms with Crippen molar-refractivity contribution in [2.45, 2.75) is 19.8 Å². The van der Waals surface area contributed by atoms with Crippen molar-refractivity contribution in [1.29, 1.82) is 0 Å². The number of aromatic amines is 1. The number of hydrogen-bond acceptors (Lipinski definition) is 6. The number of aromatic nitrogens is 3. The Morgan fingerprint density at radius 3 is 2.58 bits per heavy atom. The Morgan fingerprint density at radius 2 is 1.76 bits per heavy atom. The summed E-state index contributed by atoms with van der Waals surface area (Å²) < 4.78 is 11.7. The van der Waals surface area contributed by atoms with Gasteiger partial charge in [0.2, 0.25) is 0 Å². The third-order valence-electron chi connectivity index (χ3n) is 8.52. The van der Waals surface area contributed by atoms with Crippen LogP contribution in [0.5, 0.6) is 5.75 Å². The van der Waals surface area contributed by atoms with Crippen LogP contribution in [0.4, 0.5) is 5.82 Å². The van der Waals surface area contributed by atoms with Crippen LogP contribution < -0.4 is 9.64 Å². The molecule has 4 heterocycles. The van der Waals surface area contributed by atoms with E-state index in [0.29, 0.717) is 32.7 Å². The number of H-pyrrole nitrogens is 1. The molecule has 1 fully saturated rings. The molecule has 1 saturated heterocycles. The van der Waals surface area contributed by atoms with Crippen molar-refractivity contribution in [1.82, 2.24) is 15.0 Å². The second kappa shape index (κ2) is 12.4. The molecule has 3 aromatic carbocycles. The van der Waals surface area contributed by atoms with Crippen LogP contribution in [0.2, 0.25) is 0 Å². The summed E-state index contributed by atoms with van der Waals surface area (Å²) in [6.07, 6.45) is 4.90. The van der Waals surface area contributed by atoms with Crippen LogP contribution in [-0.4, -0.2) is 58.9 Å². The number of hydrogen-bond donors (Lipinski definition) is 2. The fraction of sp³-hybridized carbons (Fsp3) is 0.216. The summed E-state index contributed by atoms with van der Waals surface area (Å²) >= 11 is 0. The lowest BCUT2D eigenvalue weighted by atomic mass is 9.93. The lowest BCUT2D eigenvalue weighted by Crippen LogP contribution is -2.36. The minimum Gasteiger partial charge on any atom is -0.493 e. The van der Waals surface area contributed by atoms with E-state index in [2.05, 4.69) is 41.1 Å². The molecule has 1 aliphatic rings. The van der Waals surface area contributed by atoms with Crippen LogP contribution in [0.1, 0.15) is 28.0 Å². The number of nitrogens with zero attached hydrogens (tertiary/aromatic N) is 3. The maximum absolute atomic E-state index is 12.5. The summed E-state index contributed by atoms with van der Waals surface area (Å²) in [4.78, 5) is 27.5. The number of aromatic carboxylic acids is 1. The van der Waals surface area contributed by atoms with E-state index in [1.165, 1.54) is 0 Å². The number of rotatable bonds is 9. The molecule has 0 bridgehead atoms. The first kappa shape index (κ1) is 28.6. The van der Waals surface area contributed by atoms with Gasteiger partial charge in [0.05, 0.1) is 31.0 Å². The largest absolute Gasteiger partial charge is 0.493 e. The average Bonchev–Trinajstić information content (AvgIpc) is 3.46. The predicted molar refractivity (Wildman–Crippen MR) is 177 cm³/mol. The monoisotopic (exact) mass is 598 g/mol. The number of para-hydroxylation sites is 1. The number of carboxylic acid groups (broad SMARTS) is 1. The van der Waals surface area contributed by atoms with Crippen LogP contribution in [0.25, 0.3) is 44.1 Å². The SMILES string of the molecule is Cc1ccnc(-c2ccc(N3CCOCC3)nc2)c1-c1cccc2c(CCCOc3cccc4ccccc34)c(C(=O)O)[nH]c12. The van der Waals surface area contributed by atoms with Crippen LogP contribution in [-0.2, 0) is 11.2 Å². The number of nitrogens with one attached hydrogen (secondary N) is 1. The van der Waals surface area contributed by atoms with E-state index in [4.69, 9.17) is 19.4 Å². The molecule has 0 spiro atoms. The summed E-state index contributed by atoms with van der Waals surface area (Å²) in [5.74, 6) is 0.774. The van der Waals surface area contributed by atoms with Gasteiger partial charge in [-0.25, -0.2) is 9.78 Å². The van der Waals surface area contributed by atoms with Crippen molar-refractivity contribution in [2.24, 2.45) is 0 Å². The smallest absolute Gasteiger partial charge is 0.352 e. The van der Waals surface area contributed by atoms with Gasteiger partial charge in [0.15, 0.2) is 0 Å². The molecule has 7 rings (SSSR count). The Kier molecular flexibility index (Phi) is 7.88. The Morgan fingerprint density at radius 1 is 0.956 bits per heavy atom. The summed E-state index contributed by atoms with van der Waals surface area (Å²) in [5, 5.41) is 13.3. The van der Waals surface area contributed by atoms with Crippen LogP contribution in [0, 0.1) is 6.92 Å². The third-order valence-corrected chi connectivity index (χ3v) is 8.52. The van der Waals surface area contributed by atoms with Crippen molar-refractivity contribution >= 4 is 33.5 Å². The first-order valence-electron chi connectivity index (χ1n) is 15.3. The first-order chi connectivity index (χ1) is 22.1. The lowest BCUT2D eigenvalue weighted by molar-refractivity contribution is 0.0690. The van der Waals surface area contributed by atoms with Crippen LogP contribution >= 0.6 is 0 Å². The average molecular weight is 599 g/mol. The summed E-state index contributed by atoms with van der Waals surface area (Å²) in [5.41, 5.74) is 6.39. The second-order valence-electron chi connectivity index (χ2n) is 11.3.